The fraction of sp³-hybridized carbons (Fsp3) is 0.231. The molecule has 2 amide bonds. The van der Waals surface area contributed by atoms with Crippen LogP contribution in [0, 0.1) is 26.7 Å². The maximum atomic E-state index is 13.1. The van der Waals surface area contributed by atoms with Gasteiger partial charge >= 0.3 is 0 Å². The van der Waals surface area contributed by atoms with E-state index >= 15 is 0 Å². The number of nitrogens with zero attached hydrogens (tertiary/aromatic N) is 4. The Morgan fingerprint density at radius 3 is 2.62 bits per heavy atom. The highest BCUT2D eigenvalue weighted by Crippen LogP contribution is 2.29. The van der Waals surface area contributed by atoms with Gasteiger partial charge in [-0.25, -0.2) is 4.98 Å². The molecule has 0 bridgehead atoms. The number of benzene rings is 2. The smallest absolute Gasteiger partial charge is 0.230 e. The van der Waals surface area contributed by atoms with Crippen molar-refractivity contribution in [3.63, 3.8) is 0 Å². The molecule has 0 unspecified atom stereocenters. The Hall–Kier alpha value is -3.78. The SMILES string of the molecule is Cc1ccc(-c2csc(-n3nc(C)cc3NC(=O)[C@@H]3CC(=O)N(c4cccc(C)c4)C3)n2)cc1. The van der Waals surface area contributed by atoms with E-state index in [4.69, 9.17) is 4.98 Å². The van der Waals surface area contributed by atoms with Crippen molar-refractivity contribution in [2.45, 2.75) is 27.2 Å². The average molecular weight is 472 g/mol. The minimum atomic E-state index is -0.434. The highest BCUT2D eigenvalue weighted by molar-refractivity contribution is 7.12. The molecular formula is C26H25N5O2S. The van der Waals surface area contributed by atoms with Crippen molar-refractivity contribution in [1.82, 2.24) is 14.8 Å². The Kier molecular flexibility index (Phi) is 5.75. The van der Waals surface area contributed by atoms with E-state index < -0.39 is 5.92 Å². The van der Waals surface area contributed by atoms with Gasteiger partial charge in [0.2, 0.25) is 16.9 Å². The third kappa shape index (κ3) is 4.36. The highest BCUT2D eigenvalue weighted by atomic mass is 32.1. The van der Waals surface area contributed by atoms with Gasteiger partial charge in [-0.1, -0.05) is 42.0 Å². The zero-order valence-electron chi connectivity index (χ0n) is 19.3. The summed E-state index contributed by atoms with van der Waals surface area (Å²) in [6.45, 7) is 6.27. The quantitative estimate of drug-likeness (QED) is 0.448. The second kappa shape index (κ2) is 8.87. The molecular weight excluding hydrogens is 446 g/mol. The number of hydrogen-bond acceptors (Lipinski definition) is 5. The van der Waals surface area contributed by atoms with E-state index in [0.717, 1.165) is 28.2 Å². The number of thiazole rings is 1. The number of aryl methyl sites for hydroxylation is 3. The highest BCUT2D eigenvalue weighted by Gasteiger charge is 2.35. The molecule has 1 atom stereocenters. The van der Waals surface area contributed by atoms with E-state index in [1.54, 1.807) is 9.58 Å². The van der Waals surface area contributed by atoms with Crippen molar-refractivity contribution >= 4 is 34.7 Å². The fourth-order valence-corrected chi connectivity index (χ4v) is 4.91. The predicted octanol–water partition coefficient (Wildman–Crippen LogP) is 4.91. The third-order valence-corrected chi connectivity index (χ3v) is 6.73. The van der Waals surface area contributed by atoms with Crippen LogP contribution in [-0.2, 0) is 9.59 Å². The van der Waals surface area contributed by atoms with E-state index in [9.17, 15) is 9.59 Å². The molecule has 2 aromatic carbocycles. The van der Waals surface area contributed by atoms with E-state index in [1.807, 2.05) is 61.7 Å². The molecule has 8 heteroatoms. The van der Waals surface area contributed by atoms with Crippen LogP contribution in [0.5, 0.6) is 0 Å². The molecule has 0 spiro atoms. The van der Waals surface area contributed by atoms with Crippen molar-refractivity contribution in [3.05, 3.63) is 76.8 Å². The summed E-state index contributed by atoms with van der Waals surface area (Å²) in [5, 5.41) is 10.2. The number of amides is 2. The van der Waals surface area contributed by atoms with Gasteiger partial charge in [0.05, 0.1) is 17.3 Å². The van der Waals surface area contributed by atoms with E-state index in [1.165, 1.54) is 16.9 Å². The summed E-state index contributed by atoms with van der Waals surface area (Å²) < 4.78 is 1.66. The lowest BCUT2D eigenvalue weighted by atomic mass is 10.1. The summed E-state index contributed by atoms with van der Waals surface area (Å²) in [7, 11) is 0. The number of anilines is 2. The van der Waals surface area contributed by atoms with Gasteiger partial charge in [0, 0.05) is 35.7 Å². The molecule has 1 saturated heterocycles. The van der Waals surface area contributed by atoms with Crippen LogP contribution in [0.2, 0.25) is 0 Å². The summed E-state index contributed by atoms with van der Waals surface area (Å²) in [5.41, 5.74) is 5.76. The van der Waals surface area contributed by atoms with Crippen molar-refractivity contribution in [2.75, 3.05) is 16.8 Å². The third-order valence-electron chi connectivity index (χ3n) is 5.91. The standard InChI is InChI=1S/C26H25N5O2S/c1-16-7-9-19(10-8-16)22-15-34-26(27-22)31-23(12-18(3)29-31)28-25(33)20-13-24(32)30(14-20)21-6-4-5-17(2)11-21/h4-12,15,20H,13-14H2,1-3H3,(H,28,33)/t20-/m1/s1. The lowest BCUT2D eigenvalue weighted by molar-refractivity contribution is -0.122. The molecule has 1 N–H and O–H groups in total. The van der Waals surface area contributed by atoms with Crippen LogP contribution in [0.15, 0.2) is 60.0 Å². The fourth-order valence-electron chi connectivity index (χ4n) is 4.11. The molecule has 172 valence electrons. The molecule has 0 saturated carbocycles. The second-order valence-electron chi connectivity index (χ2n) is 8.70. The largest absolute Gasteiger partial charge is 0.312 e. The first-order valence-electron chi connectivity index (χ1n) is 11.1. The lowest BCUT2D eigenvalue weighted by Gasteiger charge is -2.17. The minimum absolute atomic E-state index is 0.0434. The summed E-state index contributed by atoms with van der Waals surface area (Å²) in [6.07, 6.45) is 0.182. The van der Waals surface area contributed by atoms with Gasteiger partial charge < -0.3 is 10.2 Å². The molecule has 1 aliphatic rings. The molecule has 3 heterocycles. The van der Waals surface area contributed by atoms with Crippen LogP contribution in [0.3, 0.4) is 0 Å². The van der Waals surface area contributed by atoms with Crippen LogP contribution in [0.25, 0.3) is 16.4 Å². The summed E-state index contributed by atoms with van der Waals surface area (Å²) in [6, 6.07) is 17.8. The van der Waals surface area contributed by atoms with Crippen LogP contribution >= 0.6 is 11.3 Å². The van der Waals surface area contributed by atoms with Gasteiger partial charge in [0.15, 0.2) is 0 Å². The lowest BCUT2D eigenvalue weighted by Crippen LogP contribution is -2.28. The zero-order valence-corrected chi connectivity index (χ0v) is 20.1. The Labute approximate surface area is 202 Å². The summed E-state index contributed by atoms with van der Waals surface area (Å²) >= 11 is 1.46. The Morgan fingerprint density at radius 2 is 1.85 bits per heavy atom. The Balaban J connectivity index is 1.34. The van der Waals surface area contributed by atoms with Gasteiger partial charge in [-0.05, 0) is 38.5 Å². The number of aromatic nitrogens is 3. The number of hydrogen-bond donors (Lipinski definition) is 1. The maximum absolute atomic E-state index is 13.1. The van der Waals surface area contributed by atoms with Crippen molar-refractivity contribution in [3.8, 4) is 16.4 Å². The number of nitrogens with one attached hydrogen (secondary N) is 1. The first-order chi connectivity index (χ1) is 16.4. The number of carbonyl (C=O) groups excluding carboxylic acids is 2. The second-order valence-corrected chi connectivity index (χ2v) is 9.53. The molecule has 5 rings (SSSR count). The minimum Gasteiger partial charge on any atom is -0.312 e. The Morgan fingerprint density at radius 1 is 1.06 bits per heavy atom. The van der Waals surface area contributed by atoms with Crippen molar-refractivity contribution < 1.29 is 9.59 Å². The van der Waals surface area contributed by atoms with Crippen LogP contribution in [0.4, 0.5) is 11.5 Å². The number of carbonyl (C=O) groups is 2. The van der Waals surface area contributed by atoms with Crippen molar-refractivity contribution in [1.29, 1.82) is 0 Å². The van der Waals surface area contributed by atoms with Crippen LogP contribution in [-0.4, -0.2) is 33.1 Å². The molecule has 0 radical (unpaired) electrons. The molecule has 1 fully saturated rings. The van der Waals surface area contributed by atoms with Gasteiger partial charge in [0.25, 0.3) is 0 Å². The summed E-state index contributed by atoms with van der Waals surface area (Å²) in [5.74, 6) is -0.122. The molecule has 0 aliphatic carbocycles. The Bertz CT molecular complexity index is 1370. The molecule has 7 nitrogen and oxygen atoms in total. The first-order valence-corrected chi connectivity index (χ1v) is 12.0. The zero-order chi connectivity index (χ0) is 23.8. The predicted molar refractivity (Wildman–Crippen MR) is 134 cm³/mol. The van der Waals surface area contributed by atoms with Gasteiger partial charge in [-0.2, -0.15) is 9.78 Å². The van der Waals surface area contributed by atoms with Gasteiger partial charge in [-0.3, -0.25) is 9.59 Å². The van der Waals surface area contributed by atoms with Crippen LogP contribution < -0.4 is 10.2 Å². The molecule has 2 aromatic heterocycles. The van der Waals surface area contributed by atoms with Crippen molar-refractivity contribution in [2.24, 2.45) is 5.92 Å². The van der Waals surface area contributed by atoms with Gasteiger partial charge in [-0.15, -0.1) is 11.3 Å². The first kappa shape index (κ1) is 22.0. The van der Waals surface area contributed by atoms with E-state index in [2.05, 4.69) is 29.5 Å². The number of rotatable bonds is 5. The normalized spacial score (nSPS) is 15.7. The average Bonchev–Trinajstić information content (AvgIpc) is 3.53. The maximum Gasteiger partial charge on any atom is 0.230 e. The van der Waals surface area contributed by atoms with E-state index in [-0.39, 0.29) is 18.2 Å². The van der Waals surface area contributed by atoms with E-state index in [0.29, 0.717) is 17.5 Å². The molecule has 34 heavy (non-hydrogen) atoms. The monoisotopic (exact) mass is 471 g/mol. The van der Waals surface area contributed by atoms with Gasteiger partial charge in [0.1, 0.15) is 5.82 Å². The summed E-state index contributed by atoms with van der Waals surface area (Å²) in [4.78, 5) is 32.2. The topological polar surface area (TPSA) is 80.1 Å². The van der Waals surface area contributed by atoms with Crippen LogP contribution in [0.1, 0.15) is 23.2 Å². The molecule has 4 aromatic rings. The molecule has 1 aliphatic heterocycles.